The minimum atomic E-state index is -3.32. The predicted molar refractivity (Wildman–Crippen MR) is 71.1 cm³/mol. The van der Waals surface area contributed by atoms with Gasteiger partial charge < -0.3 is 11.1 Å². The minimum Gasteiger partial charge on any atom is -0.375 e. The molecule has 1 heterocycles. The second-order valence-electron chi connectivity index (χ2n) is 3.54. The summed E-state index contributed by atoms with van der Waals surface area (Å²) in [6.45, 7) is 3.75. The maximum Gasteiger partial charge on any atom is 0.263 e. The summed E-state index contributed by atoms with van der Waals surface area (Å²) in [5, 5.41) is 2.84. The van der Waals surface area contributed by atoms with E-state index in [-0.39, 0.29) is 18.2 Å². The molecule has 7 nitrogen and oxygen atoms in total. The van der Waals surface area contributed by atoms with E-state index in [1.807, 2.05) is 0 Å². The van der Waals surface area contributed by atoms with Crippen molar-refractivity contribution in [3.8, 4) is 0 Å². The molecule has 0 atom stereocenters. The van der Waals surface area contributed by atoms with Gasteiger partial charge in [0.2, 0.25) is 10.0 Å². The third-order valence-electron chi connectivity index (χ3n) is 2.04. The Hall–Kier alpha value is -1.19. The normalized spacial score (nSPS) is 11.4. The largest absolute Gasteiger partial charge is 0.375 e. The molecule has 0 spiro atoms. The molecule has 1 aromatic rings. The number of rotatable bonds is 6. The molecule has 0 aliphatic heterocycles. The molecule has 0 fully saturated rings. The van der Waals surface area contributed by atoms with E-state index in [0.29, 0.717) is 22.2 Å². The maximum atomic E-state index is 11.7. The van der Waals surface area contributed by atoms with Gasteiger partial charge in [0.05, 0.1) is 11.4 Å². The highest BCUT2D eigenvalue weighted by Crippen LogP contribution is 2.18. The van der Waals surface area contributed by atoms with Crippen molar-refractivity contribution < 1.29 is 13.2 Å². The Balaban J connectivity index is 2.50. The highest BCUT2D eigenvalue weighted by atomic mass is 32.2. The monoisotopic (exact) mass is 292 g/mol. The summed E-state index contributed by atoms with van der Waals surface area (Å²) < 4.78 is 25.0. The number of sulfonamides is 1. The molecule has 0 saturated heterocycles. The maximum absolute atomic E-state index is 11.7. The average molecular weight is 292 g/mol. The number of hydrogen-bond acceptors (Lipinski definition) is 6. The highest BCUT2D eigenvalue weighted by Gasteiger charge is 2.15. The van der Waals surface area contributed by atoms with Crippen molar-refractivity contribution in [3.63, 3.8) is 0 Å². The van der Waals surface area contributed by atoms with Gasteiger partial charge in [-0.2, -0.15) is 0 Å². The molecular formula is C9H16N4O3S2. The SMILES string of the molecule is CCNS(=O)(=O)CCNC(=O)c1sc(N)nc1C. The van der Waals surface area contributed by atoms with E-state index in [0.717, 1.165) is 11.3 Å². The van der Waals surface area contributed by atoms with Crippen LogP contribution in [0.2, 0.25) is 0 Å². The van der Waals surface area contributed by atoms with Crippen LogP contribution in [0.3, 0.4) is 0 Å². The van der Waals surface area contributed by atoms with Gasteiger partial charge >= 0.3 is 0 Å². The predicted octanol–water partition coefficient (Wildman–Crippen LogP) is -0.297. The fourth-order valence-corrected chi connectivity index (χ4v) is 3.00. The first-order valence-corrected chi connectivity index (χ1v) is 7.81. The number of nitrogen functional groups attached to an aromatic ring is 1. The molecule has 4 N–H and O–H groups in total. The quantitative estimate of drug-likeness (QED) is 0.666. The van der Waals surface area contributed by atoms with Gasteiger partial charge in [0.1, 0.15) is 4.88 Å². The van der Waals surface area contributed by atoms with Crippen LogP contribution in [0, 0.1) is 6.92 Å². The molecule has 1 amide bonds. The van der Waals surface area contributed by atoms with Crippen LogP contribution in [0.25, 0.3) is 0 Å². The summed E-state index contributed by atoms with van der Waals surface area (Å²) in [6.07, 6.45) is 0. The lowest BCUT2D eigenvalue weighted by Gasteiger charge is -2.05. The van der Waals surface area contributed by atoms with Crippen molar-refractivity contribution in [3.05, 3.63) is 10.6 Å². The number of anilines is 1. The van der Waals surface area contributed by atoms with Gasteiger partial charge in [0.15, 0.2) is 5.13 Å². The van der Waals surface area contributed by atoms with Crippen LogP contribution in [-0.4, -0.2) is 38.2 Å². The summed E-state index contributed by atoms with van der Waals surface area (Å²) >= 11 is 1.08. The van der Waals surface area contributed by atoms with E-state index in [1.54, 1.807) is 13.8 Å². The fraction of sp³-hybridized carbons (Fsp3) is 0.556. The molecule has 0 bridgehead atoms. The van der Waals surface area contributed by atoms with Crippen LogP contribution in [0.1, 0.15) is 22.3 Å². The van der Waals surface area contributed by atoms with E-state index in [9.17, 15) is 13.2 Å². The van der Waals surface area contributed by atoms with Crippen LogP contribution in [0.15, 0.2) is 0 Å². The summed E-state index contributed by atoms with van der Waals surface area (Å²) in [6, 6.07) is 0. The summed E-state index contributed by atoms with van der Waals surface area (Å²) in [4.78, 5) is 16.0. The molecule has 0 aromatic carbocycles. The van der Waals surface area contributed by atoms with Crippen LogP contribution < -0.4 is 15.8 Å². The lowest BCUT2D eigenvalue weighted by molar-refractivity contribution is 0.0959. The Kier molecular flexibility index (Phi) is 5.05. The van der Waals surface area contributed by atoms with Crippen molar-refractivity contribution >= 4 is 32.4 Å². The van der Waals surface area contributed by atoms with Gasteiger partial charge in [-0.15, -0.1) is 0 Å². The van der Waals surface area contributed by atoms with Crippen LogP contribution in [-0.2, 0) is 10.0 Å². The number of aromatic nitrogens is 1. The van der Waals surface area contributed by atoms with E-state index in [2.05, 4.69) is 15.0 Å². The number of nitrogens with one attached hydrogen (secondary N) is 2. The Bertz CT molecular complexity index is 524. The Labute approximate surface area is 110 Å². The number of carbonyl (C=O) groups excluding carboxylic acids is 1. The average Bonchev–Trinajstić information content (AvgIpc) is 2.57. The third kappa shape index (κ3) is 4.24. The minimum absolute atomic E-state index is 0.0470. The molecule has 0 saturated carbocycles. The molecule has 0 unspecified atom stereocenters. The lowest BCUT2D eigenvalue weighted by atomic mass is 10.4. The molecule has 9 heteroatoms. The van der Waals surface area contributed by atoms with Crippen LogP contribution >= 0.6 is 11.3 Å². The van der Waals surface area contributed by atoms with Crippen molar-refractivity contribution in [1.29, 1.82) is 0 Å². The highest BCUT2D eigenvalue weighted by molar-refractivity contribution is 7.89. The third-order valence-corrected chi connectivity index (χ3v) is 4.50. The van der Waals surface area contributed by atoms with E-state index in [1.165, 1.54) is 0 Å². The van der Waals surface area contributed by atoms with Gasteiger partial charge in [-0.3, -0.25) is 4.79 Å². The molecule has 18 heavy (non-hydrogen) atoms. The van der Waals surface area contributed by atoms with Crippen molar-refractivity contribution in [2.45, 2.75) is 13.8 Å². The summed E-state index contributed by atoms with van der Waals surface area (Å²) in [5.74, 6) is -0.506. The van der Waals surface area contributed by atoms with E-state index in [4.69, 9.17) is 5.73 Å². The van der Waals surface area contributed by atoms with Crippen molar-refractivity contribution in [2.24, 2.45) is 0 Å². The van der Waals surface area contributed by atoms with Gasteiger partial charge in [-0.1, -0.05) is 18.3 Å². The summed E-state index contributed by atoms with van der Waals surface area (Å²) in [7, 11) is -3.32. The molecule has 102 valence electrons. The molecule has 1 rings (SSSR count). The zero-order valence-corrected chi connectivity index (χ0v) is 11.8. The topological polar surface area (TPSA) is 114 Å². The Morgan fingerprint density at radius 3 is 2.67 bits per heavy atom. The van der Waals surface area contributed by atoms with E-state index >= 15 is 0 Å². The second kappa shape index (κ2) is 6.12. The number of carbonyl (C=O) groups is 1. The number of aryl methyl sites for hydroxylation is 1. The lowest BCUT2D eigenvalue weighted by Crippen LogP contribution is -2.34. The van der Waals surface area contributed by atoms with E-state index < -0.39 is 10.0 Å². The Morgan fingerprint density at radius 1 is 1.50 bits per heavy atom. The fourth-order valence-electron chi connectivity index (χ4n) is 1.30. The first kappa shape index (κ1) is 14.9. The smallest absolute Gasteiger partial charge is 0.263 e. The molecule has 1 aromatic heterocycles. The molecule has 0 radical (unpaired) electrons. The van der Waals surface area contributed by atoms with Crippen LogP contribution in [0.5, 0.6) is 0 Å². The zero-order valence-electron chi connectivity index (χ0n) is 10.2. The Morgan fingerprint density at radius 2 is 2.17 bits per heavy atom. The summed E-state index contributed by atoms with van der Waals surface area (Å²) in [5.41, 5.74) is 6.02. The van der Waals surface area contributed by atoms with Crippen molar-refractivity contribution in [1.82, 2.24) is 15.0 Å². The zero-order chi connectivity index (χ0) is 13.8. The van der Waals surface area contributed by atoms with Gasteiger partial charge in [0, 0.05) is 13.1 Å². The standard InChI is InChI=1S/C9H16N4O3S2/c1-3-12-18(15,16)5-4-11-8(14)7-6(2)13-9(10)17-7/h12H,3-5H2,1-2H3,(H2,10,13)(H,11,14). The first-order chi connectivity index (χ1) is 8.35. The second-order valence-corrected chi connectivity index (χ2v) is 6.50. The molecule has 0 aliphatic carbocycles. The molecular weight excluding hydrogens is 276 g/mol. The van der Waals surface area contributed by atoms with Gasteiger partial charge in [-0.25, -0.2) is 18.1 Å². The number of amides is 1. The van der Waals surface area contributed by atoms with Crippen LogP contribution in [0.4, 0.5) is 5.13 Å². The number of nitrogens with two attached hydrogens (primary N) is 1. The number of nitrogens with zero attached hydrogens (tertiary/aromatic N) is 1. The first-order valence-electron chi connectivity index (χ1n) is 5.34. The van der Waals surface area contributed by atoms with Gasteiger partial charge in [0.25, 0.3) is 5.91 Å². The number of hydrogen-bond donors (Lipinski definition) is 3. The van der Waals surface area contributed by atoms with Crippen molar-refractivity contribution in [2.75, 3.05) is 24.6 Å². The number of thiazole rings is 1. The van der Waals surface area contributed by atoms with Gasteiger partial charge in [-0.05, 0) is 6.92 Å². The molecule has 0 aliphatic rings.